The van der Waals surface area contributed by atoms with Gasteiger partial charge < -0.3 is 14.6 Å². The molecule has 1 saturated heterocycles. The summed E-state index contributed by atoms with van der Waals surface area (Å²) in [5.41, 5.74) is 3.07. The van der Waals surface area contributed by atoms with E-state index in [9.17, 15) is 9.59 Å². The number of methoxy groups -OCH3 is 1. The molecule has 3 amide bonds. The summed E-state index contributed by atoms with van der Waals surface area (Å²) < 4.78 is 5.47. The zero-order chi connectivity index (χ0) is 23.3. The maximum Gasteiger partial charge on any atom is 0.328 e. The molecule has 1 N–H and O–H groups in total. The number of aromatic amines is 1. The molecule has 2 aliphatic rings. The summed E-state index contributed by atoms with van der Waals surface area (Å²) in [5, 5.41) is 1.04. The topological polar surface area (TPSA) is 68.9 Å². The van der Waals surface area contributed by atoms with Crippen LogP contribution in [0.4, 0.5) is 4.79 Å². The molecule has 0 bridgehead atoms. The van der Waals surface area contributed by atoms with Gasteiger partial charge in [0.2, 0.25) is 0 Å². The third-order valence-corrected chi connectivity index (χ3v) is 6.98. The number of imide groups is 1. The normalized spacial score (nSPS) is 22.3. The van der Waals surface area contributed by atoms with Gasteiger partial charge in [-0.2, -0.15) is 0 Å². The molecular formula is C26H30N4O3. The fourth-order valence-corrected chi connectivity index (χ4v) is 5.34. The van der Waals surface area contributed by atoms with E-state index < -0.39 is 5.54 Å². The first-order valence-corrected chi connectivity index (χ1v) is 11.4. The molecule has 33 heavy (non-hydrogen) atoms. The van der Waals surface area contributed by atoms with Crippen LogP contribution in [0.5, 0.6) is 5.75 Å². The van der Waals surface area contributed by atoms with Crippen molar-refractivity contribution in [3.8, 4) is 5.75 Å². The van der Waals surface area contributed by atoms with Crippen LogP contribution in [0.15, 0.2) is 48.5 Å². The Bertz CT molecular complexity index is 1220. The third-order valence-electron chi connectivity index (χ3n) is 6.98. The number of aromatic nitrogens is 1. The van der Waals surface area contributed by atoms with Crippen molar-refractivity contribution in [3.05, 3.63) is 65.4 Å². The maximum absolute atomic E-state index is 13.7. The number of hydrogen-bond donors (Lipinski definition) is 1. The maximum atomic E-state index is 13.7. The molecule has 7 nitrogen and oxygen atoms in total. The highest BCUT2D eigenvalue weighted by atomic mass is 16.5. The van der Waals surface area contributed by atoms with E-state index >= 15 is 0 Å². The standard InChI is InChI=1S/C26H30N4O3/c1-26-16-20-19-15-18(33-4)11-12-21(19)27-22(20)23(17-9-6-5-7-10-17)30(26)25(32)29(24(26)31)14-8-13-28(2)3/h5-7,9-12,15,23,27H,8,13-14,16H2,1-4H3/t23?,26-/m0/s1. The summed E-state index contributed by atoms with van der Waals surface area (Å²) in [6.45, 7) is 3.16. The van der Waals surface area contributed by atoms with Gasteiger partial charge in [0.1, 0.15) is 17.3 Å². The molecule has 3 heterocycles. The molecule has 7 heteroatoms. The van der Waals surface area contributed by atoms with Gasteiger partial charge in [0, 0.05) is 29.6 Å². The fraction of sp³-hybridized carbons (Fsp3) is 0.385. The molecule has 5 rings (SSSR count). The quantitative estimate of drug-likeness (QED) is 0.585. The number of carbonyl (C=O) groups is 2. The summed E-state index contributed by atoms with van der Waals surface area (Å²) in [5.74, 6) is 0.655. The van der Waals surface area contributed by atoms with E-state index in [1.807, 2.05) is 69.6 Å². The Hall–Kier alpha value is -3.32. The summed E-state index contributed by atoms with van der Waals surface area (Å²) >= 11 is 0. The average Bonchev–Trinajstić information content (AvgIpc) is 3.25. The number of carbonyl (C=O) groups excluding carboxylic acids is 2. The number of nitrogens with zero attached hydrogens (tertiary/aromatic N) is 3. The van der Waals surface area contributed by atoms with Crippen molar-refractivity contribution >= 4 is 22.8 Å². The van der Waals surface area contributed by atoms with Crippen molar-refractivity contribution in [2.45, 2.75) is 31.3 Å². The van der Waals surface area contributed by atoms with Crippen molar-refractivity contribution in [2.75, 3.05) is 34.3 Å². The lowest BCUT2D eigenvalue weighted by Crippen LogP contribution is -2.53. The summed E-state index contributed by atoms with van der Waals surface area (Å²) in [6.07, 6.45) is 1.21. The Balaban J connectivity index is 1.65. The summed E-state index contributed by atoms with van der Waals surface area (Å²) in [4.78, 5) is 36.3. The Morgan fingerprint density at radius 3 is 2.61 bits per heavy atom. The smallest absolute Gasteiger partial charge is 0.328 e. The minimum Gasteiger partial charge on any atom is -0.497 e. The number of amides is 3. The van der Waals surface area contributed by atoms with E-state index in [2.05, 4.69) is 9.88 Å². The van der Waals surface area contributed by atoms with Crippen molar-refractivity contribution in [1.82, 2.24) is 19.7 Å². The van der Waals surface area contributed by atoms with Gasteiger partial charge in [-0.05, 0) is 63.3 Å². The number of ether oxygens (including phenoxy) is 1. The number of rotatable bonds is 6. The zero-order valence-electron chi connectivity index (χ0n) is 19.6. The van der Waals surface area contributed by atoms with Crippen molar-refractivity contribution < 1.29 is 14.3 Å². The van der Waals surface area contributed by atoms with Crippen LogP contribution in [0.3, 0.4) is 0 Å². The molecule has 1 fully saturated rings. The van der Waals surface area contributed by atoms with Crippen LogP contribution < -0.4 is 4.74 Å². The van der Waals surface area contributed by atoms with Crippen LogP contribution in [0.2, 0.25) is 0 Å². The Morgan fingerprint density at radius 2 is 1.91 bits per heavy atom. The average molecular weight is 447 g/mol. The second-order valence-corrected chi connectivity index (χ2v) is 9.46. The molecule has 0 radical (unpaired) electrons. The van der Waals surface area contributed by atoms with E-state index in [0.717, 1.165) is 46.4 Å². The van der Waals surface area contributed by atoms with Crippen molar-refractivity contribution in [2.24, 2.45) is 0 Å². The molecular weight excluding hydrogens is 416 g/mol. The molecule has 2 aromatic carbocycles. The van der Waals surface area contributed by atoms with Crippen LogP contribution in [0.1, 0.15) is 36.2 Å². The molecule has 0 saturated carbocycles. The second kappa shape index (κ2) is 7.92. The number of H-pyrrole nitrogens is 1. The highest BCUT2D eigenvalue weighted by molar-refractivity contribution is 6.08. The van der Waals surface area contributed by atoms with Crippen molar-refractivity contribution in [3.63, 3.8) is 0 Å². The highest BCUT2D eigenvalue weighted by Gasteiger charge is 2.59. The van der Waals surface area contributed by atoms with Gasteiger partial charge in [0.15, 0.2) is 0 Å². The first-order valence-electron chi connectivity index (χ1n) is 11.4. The fourth-order valence-electron chi connectivity index (χ4n) is 5.34. The Morgan fingerprint density at radius 1 is 1.15 bits per heavy atom. The number of benzene rings is 2. The van der Waals surface area contributed by atoms with Gasteiger partial charge in [-0.15, -0.1) is 0 Å². The van der Waals surface area contributed by atoms with Crippen molar-refractivity contribution in [1.29, 1.82) is 0 Å². The van der Waals surface area contributed by atoms with Gasteiger partial charge in [-0.1, -0.05) is 30.3 Å². The van der Waals surface area contributed by atoms with Crippen LogP contribution in [-0.4, -0.2) is 71.5 Å². The lowest BCUT2D eigenvalue weighted by Gasteiger charge is -2.42. The van der Waals surface area contributed by atoms with E-state index in [4.69, 9.17) is 4.74 Å². The lowest BCUT2D eigenvalue weighted by atomic mass is 9.81. The molecule has 3 aromatic rings. The van der Waals surface area contributed by atoms with E-state index in [1.54, 1.807) is 12.0 Å². The van der Waals surface area contributed by atoms with Gasteiger partial charge in [-0.25, -0.2) is 4.79 Å². The largest absolute Gasteiger partial charge is 0.497 e. The van der Waals surface area contributed by atoms with E-state index in [1.165, 1.54) is 4.90 Å². The first-order chi connectivity index (χ1) is 15.8. The number of nitrogens with one attached hydrogen (secondary N) is 1. The van der Waals surface area contributed by atoms with Crippen LogP contribution in [0.25, 0.3) is 10.9 Å². The van der Waals surface area contributed by atoms with Gasteiger partial charge in [0.05, 0.1) is 7.11 Å². The van der Waals surface area contributed by atoms with Gasteiger partial charge in [0.25, 0.3) is 5.91 Å². The predicted octanol–water partition coefficient (Wildman–Crippen LogP) is 3.80. The predicted molar refractivity (Wildman–Crippen MR) is 127 cm³/mol. The van der Waals surface area contributed by atoms with Crippen LogP contribution in [-0.2, 0) is 11.2 Å². The second-order valence-electron chi connectivity index (χ2n) is 9.46. The molecule has 2 aliphatic heterocycles. The molecule has 1 aromatic heterocycles. The van der Waals surface area contributed by atoms with E-state index in [-0.39, 0.29) is 18.0 Å². The number of hydrogen-bond acceptors (Lipinski definition) is 4. The number of urea groups is 1. The minimum atomic E-state index is -0.944. The van der Waals surface area contributed by atoms with Gasteiger partial charge in [-0.3, -0.25) is 14.6 Å². The number of fused-ring (bicyclic) bond motifs is 4. The molecule has 1 unspecified atom stereocenters. The molecule has 2 atom stereocenters. The molecule has 0 aliphatic carbocycles. The third kappa shape index (κ3) is 3.30. The van der Waals surface area contributed by atoms with Crippen LogP contribution in [0, 0.1) is 0 Å². The monoisotopic (exact) mass is 446 g/mol. The lowest BCUT2D eigenvalue weighted by molar-refractivity contribution is -0.133. The highest BCUT2D eigenvalue weighted by Crippen LogP contribution is 2.48. The zero-order valence-corrected chi connectivity index (χ0v) is 19.6. The first kappa shape index (κ1) is 21.5. The van der Waals surface area contributed by atoms with Gasteiger partial charge >= 0.3 is 6.03 Å². The van der Waals surface area contributed by atoms with Crippen LogP contribution >= 0.6 is 0 Å². The summed E-state index contributed by atoms with van der Waals surface area (Å²) in [7, 11) is 5.64. The molecule has 172 valence electrons. The van der Waals surface area contributed by atoms with E-state index in [0.29, 0.717) is 13.0 Å². The Kier molecular flexibility index (Phi) is 5.16. The SMILES string of the molecule is COc1ccc2[nH]c3c(c2c1)C[C@@]1(C)C(=O)N(CCCN(C)C)C(=O)N1C3c1ccccc1. The Labute approximate surface area is 193 Å². The minimum absolute atomic E-state index is 0.116. The summed E-state index contributed by atoms with van der Waals surface area (Å²) in [6, 6.07) is 15.3. The molecule has 0 spiro atoms.